The number of likely N-dealkylation sites (tertiary alicyclic amines) is 1. The zero-order valence-electron chi connectivity index (χ0n) is 12.4. The fourth-order valence-corrected chi connectivity index (χ4v) is 2.19. The number of nitrogens with two attached hydrogens (primary N) is 1. The SMILES string of the molecule is COCCCOC1CCN(C(=O)[C@@H](N)C(C)C)CC1. The lowest BCUT2D eigenvalue weighted by atomic mass is 10.0. The third-order valence-electron chi connectivity index (χ3n) is 3.60. The third-order valence-corrected chi connectivity index (χ3v) is 3.60. The normalized spacial score (nSPS) is 18.9. The molecule has 1 heterocycles. The van der Waals surface area contributed by atoms with Crippen molar-refractivity contribution < 1.29 is 14.3 Å². The standard InChI is InChI=1S/C14H28N2O3/c1-11(2)13(15)14(17)16-7-5-12(6-8-16)19-10-4-9-18-3/h11-13H,4-10,15H2,1-3H3/t13-/m0/s1. The lowest BCUT2D eigenvalue weighted by Gasteiger charge is -2.34. The van der Waals surface area contributed by atoms with E-state index in [2.05, 4.69) is 0 Å². The molecule has 0 saturated carbocycles. The van der Waals surface area contributed by atoms with Crippen LogP contribution >= 0.6 is 0 Å². The molecule has 112 valence electrons. The number of nitrogens with zero attached hydrogens (tertiary/aromatic N) is 1. The van der Waals surface area contributed by atoms with Crippen LogP contribution in [-0.4, -0.2) is 56.4 Å². The van der Waals surface area contributed by atoms with Gasteiger partial charge in [-0.15, -0.1) is 0 Å². The van der Waals surface area contributed by atoms with Crippen LogP contribution in [0, 0.1) is 5.92 Å². The number of rotatable bonds is 7. The zero-order chi connectivity index (χ0) is 14.3. The van der Waals surface area contributed by atoms with Crippen molar-refractivity contribution in [2.24, 2.45) is 11.7 Å². The molecule has 5 nitrogen and oxygen atoms in total. The summed E-state index contributed by atoms with van der Waals surface area (Å²) in [5, 5.41) is 0. The van der Waals surface area contributed by atoms with E-state index in [0.717, 1.165) is 45.6 Å². The second kappa shape index (κ2) is 8.51. The maximum Gasteiger partial charge on any atom is 0.239 e. The summed E-state index contributed by atoms with van der Waals surface area (Å²) < 4.78 is 10.8. The Bertz CT molecular complexity index is 263. The van der Waals surface area contributed by atoms with Crippen molar-refractivity contribution in [2.45, 2.75) is 45.3 Å². The molecule has 1 aliphatic rings. The fourth-order valence-electron chi connectivity index (χ4n) is 2.19. The first-order chi connectivity index (χ1) is 9.06. The number of amides is 1. The number of ether oxygens (including phenoxy) is 2. The first-order valence-electron chi connectivity index (χ1n) is 7.21. The average molecular weight is 272 g/mol. The molecule has 1 aliphatic heterocycles. The molecule has 1 saturated heterocycles. The predicted molar refractivity (Wildman–Crippen MR) is 74.9 cm³/mol. The summed E-state index contributed by atoms with van der Waals surface area (Å²) in [6.07, 6.45) is 3.01. The molecule has 5 heteroatoms. The maximum atomic E-state index is 12.1. The molecule has 0 unspecified atom stereocenters. The zero-order valence-corrected chi connectivity index (χ0v) is 12.4. The Morgan fingerprint density at radius 3 is 2.47 bits per heavy atom. The van der Waals surface area contributed by atoms with Gasteiger partial charge in [0.2, 0.25) is 5.91 Å². The molecule has 0 bridgehead atoms. The molecule has 0 aromatic rings. The van der Waals surface area contributed by atoms with E-state index in [1.807, 2.05) is 18.7 Å². The number of piperidine rings is 1. The molecule has 0 aliphatic carbocycles. The predicted octanol–water partition coefficient (Wildman–Crippen LogP) is 1.01. The van der Waals surface area contributed by atoms with E-state index in [1.165, 1.54) is 0 Å². The average Bonchev–Trinajstić information content (AvgIpc) is 2.42. The number of carbonyl (C=O) groups is 1. The summed E-state index contributed by atoms with van der Waals surface area (Å²) in [6, 6.07) is -0.376. The van der Waals surface area contributed by atoms with Crippen LogP contribution < -0.4 is 5.73 Å². The van der Waals surface area contributed by atoms with Gasteiger partial charge in [-0.1, -0.05) is 13.8 Å². The van der Waals surface area contributed by atoms with Gasteiger partial charge in [-0.25, -0.2) is 0 Å². The number of hydrogen-bond donors (Lipinski definition) is 1. The molecule has 1 atom stereocenters. The van der Waals surface area contributed by atoms with Gasteiger partial charge in [0.15, 0.2) is 0 Å². The number of methoxy groups -OCH3 is 1. The fraction of sp³-hybridized carbons (Fsp3) is 0.929. The molecule has 2 N–H and O–H groups in total. The van der Waals surface area contributed by atoms with Gasteiger partial charge in [0.05, 0.1) is 12.1 Å². The highest BCUT2D eigenvalue weighted by molar-refractivity contribution is 5.82. The molecule has 0 aromatic heterocycles. The highest BCUT2D eigenvalue weighted by Gasteiger charge is 2.27. The van der Waals surface area contributed by atoms with Gasteiger partial charge in [0.25, 0.3) is 0 Å². The molecule has 1 rings (SSSR count). The Labute approximate surface area is 116 Å². The van der Waals surface area contributed by atoms with Gasteiger partial charge >= 0.3 is 0 Å². The molecule has 1 amide bonds. The summed E-state index contributed by atoms with van der Waals surface area (Å²) >= 11 is 0. The van der Waals surface area contributed by atoms with Crippen LogP contribution in [0.5, 0.6) is 0 Å². The van der Waals surface area contributed by atoms with Crippen molar-refractivity contribution in [2.75, 3.05) is 33.4 Å². The summed E-state index contributed by atoms with van der Waals surface area (Å²) in [6.45, 7) is 6.95. The molecular formula is C14H28N2O3. The van der Waals surface area contributed by atoms with Gasteiger partial charge in [-0.3, -0.25) is 4.79 Å². The van der Waals surface area contributed by atoms with E-state index < -0.39 is 0 Å². The van der Waals surface area contributed by atoms with Crippen molar-refractivity contribution in [3.63, 3.8) is 0 Å². The van der Waals surface area contributed by atoms with Crippen LogP contribution in [0.2, 0.25) is 0 Å². The lowest BCUT2D eigenvalue weighted by molar-refractivity contribution is -0.136. The van der Waals surface area contributed by atoms with Gasteiger partial charge in [0, 0.05) is 33.4 Å². The molecule has 1 fully saturated rings. The van der Waals surface area contributed by atoms with Crippen molar-refractivity contribution >= 4 is 5.91 Å². The van der Waals surface area contributed by atoms with Gasteiger partial charge in [0.1, 0.15) is 0 Å². The van der Waals surface area contributed by atoms with E-state index >= 15 is 0 Å². The van der Waals surface area contributed by atoms with Gasteiger partial charge in [-0.2, -0.15) is 0 Å². The van der Waals surface area contributed by atoms with E-state index in [4.69, 9.17) is 15.2 Å². The Morgan fingerprint density at radius 2 is 1.95 bits per heavy atom. The molecule has 0 aromatic carbocycles. The van der Waals surface area contributed by atoms with Crippen molar-refractivity contribution in [1.82, 2.24) is 4.90 Å². The van der Waals surface area contributed by atoms with Crippen LogP contribution in [0.25, 0.3) is 0 Å². The monoisotopic (exact) mass is 272 g/mol. The number of carbonyl (C=O) groups excluding carboxylic acids is 1. The lowest BCUT2D eigenvalue weighted by Crippen LogP contribution is -2.50. The van der Waals surface area contributed by atoms with Crippen LogP contribution in [0.3, 0.4) is 0 Å². The van der Waals surface area contributed by atoms with Gasteiger partial charge < -0.3 is 20.1 Å². The summed E-state index contributed by atoms with van der Waals surface area (Å²) in [5.41, 5.74) is 5.90. The van der Waals surface area contributed by atoms with E-state index in [-0.39, 0.29) is 24.0 Å². The van der Waals surface area contributed by atoms with Crippen LogP contribution in [0.15, 0.2) is 0 Å². The molecular weight excluding hydrogens is 244 g/mol. The third kappa shape index (κ3) is 5.47. The Kier molecular flexibility index (Phi) is 7.34. The molecule has 0 radical (unpaired) electrons. The van der Waals surface area contributed by atoms with E-state index in [1.54, 1.807) is 7.11 Å². The van der Waals surface area contributed by atoms with E-state index in [0.29, 0.717) is 0 Å². The maximum absolute atomic E-state index is 12.1. The molecule has 19 heavy (non-hydrogen) atoms. The Hall–Kier alpha value is -0.650. The van der Waals surface area contributed by atoms with Gasteiger partial charge in [-0.05, 0) is 25.2 Å². The quantitative estimate of drug-likeness (QED) is 0.703. The first kappa shape index (κ1) is 16.4. The Balaban J connectivity index is 2.23. The Morgan fingerprint density at radius 1 is 1.32 bits per heavy atom. The summed E-state index contributed by atoms with van der Waals surface area (Å²) in [4.78, 5) is 14.0. The summed E-state index contributed by atoms with van der Waals surface area (Å²) in [5.74, 6) is 0.267. The first-order valence-corrected chi connectivity index (χ1v) is 7.21. The van der Waals surface area contributed by atoms with Crippen molar-refractivity contribution in [1.29, 1.82) is 0 Å². The van der Waals surface area contributed by atoms with E-state index in [9.17, 15) is 4.79 Å². The second-order valence-electron chi connectivity index (χ2n) is 5.51. The smallest absolute Gasteiger partial charge is 0.239 e. The minimum Gasteiger partial charge on any atom is -0.385 e. The number of hydrogen-bond acceptors (Lipinski definition) is 4. The molecule has 0 spiro atoms. The van der Waals surface area contributed by atoms with Crippen LogP contribution in [0.1, 0.15) is 33.1 Å². The highest BCUT2D eigenvalue weighted by atomic mass is 16.5. The van der Waals surface area contributed by atoms with Crippen molar-refractivity contribution in [3.8, 4) is 0 Å². The topological polar surface area (TPSA) is 64.8 Å². The summed E-state index contributed by atoms with van der Waals surface area (Å²) in [7, 11) is 1.70. The highest BCUT2D eigenvalue weighted by Crippen LogP contribution is 2.16. The largest absolute Gasteiger partial charge is 0.385 e. The van der Waals surface area contributed by atoms with Crippen LogP contribution in [-0.2, 0) is 14.3 Å². The van der Waals surface area contributed by atoms with Crippen molar-refractivity contribution in [3.05, 3.63) is 0 Å². The van der Waals surface area contributed by atoms with Crippen LogP contribution in [0.4, 0.5) is 0 Å². The minimum absolute atomic E-state index is 0.0767. The minimum atomic E-state index is -0.376. The second-order valence-corrected chi connectivity index (χ2v) is 5.51.